The summed E-state index contributed by atoms with van der Waals surface area (Å²) >= 11 is 3.47. The molecule has 21 heavy (non-hydrogen) atoms. The topological polar surface area (TPSA) is 20.2 Å². The number of aliphatic hydroxyl groups excluding tert-OH is 1. The maximum atomic E-state index is 10.5. The normalized spacial score (nSPS) is 13.2. The van der Waals surface area contributed by atoms with Gasteiger partial charge in [0.15, 0.2) is 0 Å². The molecular weight excluding hydrogens is 324 g/mol. The van der Waals surface area contributed by atoms with Crippen LogP contribution in [0.2, 0.25) is 0 Å². The number of hydrogen-bond donors (Lipinski definition) is 1. The van der Waals surface area contributed by atoms with Crippen LogP contribution in [-0.2, 0) is 11.8 Å². The first-order chi connectivity index (χ1) is 9.77. The Kier molecular flexibility index (Phi) is 4.90. The molecule has 0 aliphatic heterocycles. The summed E-state index contributed by atoms with van der Waals surface area (Å²) in [6.45, 7) is 8.67. The molecule has 2 rings (SSSR count). The molecule has 0 spiro atoms. The first kappa shape index (κ1) is 16.3. The second kappa shape index (κ2) is 6.33. The Morgan fingerprint density at radius 1 is 1.05 bits per heavy atom. The van der Waals surface area contributed by atoms with Crippen molar-refractivity contribution in [2.75, 3.05) is 0 Å². The minimum atomic E-state index is -0.469. The molecule has 0 amide bonds. The van der Waals surface area contributed by atoms with Crippen molar-refractivity contribution in [1.29, 1.82) is 0 Å². The highest BCUT2D eigenvalue weighted by Gasteiger charge is 2.15. The van der Waals surface area contributed by atoms with Gasteiger partial charge in [-0.2, -0.15) is 0 Å². The smallest absolute Gasteiger partial charge is 0.0833 e. The number of aryl methyl sites for hydroxylation is 1. The van der Waals surface area contributed by atoms with Crippen LogP contribution in [0.3, 0.4) is 0 Å². The van der Waals surface area contributed by atoms with Gasteiger partial charge in [0.25, 0.3) is 0 Å². The van der Waals surface area contributed by atoms with Gasteiger partial charge in [-0.05, 0) is 46.7 Å². The summed E-state index contributed by atoms with van der Waals surface area (Å²) in [6, 6.07) is 14.6. The van der Waals surface area contributed by atoms with Crippen molar-refractivity contribution in [2.45, 2.75) is 45.6 Å². The van der Waals surface area contributed by atoms with Gasteiger partial charge in [0.05, 0.1) is 6.10 Å². The van der Waals surface area contributed by atoms with Gasteiger partial charge in [-0.15, -0.1) is 0 Å². The van der Waals surface area contributed by atoms with Crippen LogP contribution >= 0.6 is 15.9 Å². The standard InChI is InChI=1S/C19H23BrO/c1-13-5-10-16(20)12-17(13)18(21)11-14-6-8-15(9-7-14)19(2,3)4/h5-10,12,18,21H,11H2,1-4H3. The van der Waals surface area contributed by atoms with E-state index in [1.807, 2.05) is 25.1 Å². The lowest BCUT2D eigenvalue weighted by Crippen LogP contribution is -2.11. The van der Waals surface area contributed by atoms with Crippen molar-refractivity contribution in [3.05, 3.63) is 69.2 Å². The van der Waals surface area contributed by atoms with Crippen molar-refractivity contribution in [1.82, 2.24) is 0 Å². The van der Waals surface area contributed by atoms with Crippen molar-refractivity contribution in [3.63, 3.8) is 0 Å². The largest absolute Gasteiger partial charge is 0.388 e. The van der Waals surface area contributed by atoms with Crippen molar-refractivity contribution in [3.8, 4) is 0 Å². The predicted molar refractivity (Wildman–Crippen MR) is 92.7 cm³/mol. The Morgan fingerprint density at radius 2 is 1.67 bits per heavy atom. The van der Waals surface area contributed by atoms with E-state index in [2.05, 4.69) is 61.0 Å². The zero-order valence-electron chi connectivity index (χ0n) is 13.2. The van der Waals surface area contributed by atoms with E-state index in [0.29, 0.717) is 6.42 Å². The summed E-state index contributed by atoms with van der Waals surface area (Å²) in [5.74, 6) is 0. The number of benzene rings is 2. The molecule has 0 saturated carbocycles. The molecule has 1 N–H and O–H groups in total. The Labute approximate surface area is 136 Å². The molecule has 0 saturated heterocycles. The molecule has 1 unspecified atom stereocenters. The first-order valence-electron chi connectivity index (χ1n) is 7.31. The van der Waals surface area contributed by atoms with Crippen LogP contribution in [0, 0.1) is 6.92 Å². The molecule has 0 aliphatic rings. The average molecular weight is 347 g/mol. The maximum absolute atomic E-state index is 10.5. The number of halogens is 1. The Morgan fingerprint density at radius 3 is 2.24 bits per heavy atom. The van der Waals surface area contributed by atoms with Crippen molar-refractivity contribution in [2.24, 2.45) is 0 Å². The van der Waals surface area contributed by atoms with Gasteiger partial charge < -0.3 is 5.11 Å². The molecule has 0 fully saturated rings. The molecule has 0 aromatic heterocycles. The molecule has 2 aromatic carbocycles. The van der Waals surface area contributed by atoms with Crippen LogP contribution in [0.1, 0.15) is 49.1 Å². The van der Waals surface area contributed by atoms with E-state index in [1.165, 1.54) is 5.56 Å². The highest BCUT2D eigenvalue weighted by atomic mass is 79.9. The zero-order valence-corrected chi connectivity index (χ0v) is 14.7. The van der Waals surface area contributed by atoms with Crippen molar-refractivity contribution >= 4 is 15.9 Å². The third-order valence-corrected chi connectivity index (χ3v) is 4.34. The van der Waals surface area contributed by atoms with E-state index in [1.54, 1.807) is 0 Å². The molecule has 112 valence electrons. The summed E-state index contributed by atoms with van der Waals surface area (Å²) in [5, 5.41) is 10.5. The lowest BCUT2D eigenvalue weighted by atomic mass is 9.86. The lowest BCUT2D eigenvalue weighted by Gasteiger charge is -2.20. The minimum Gasteiger partial charge on any atom is -0.388 e. The molecule has 1 atom stereocenters. The molecular formula is C19H23BrO. The lowest BCUT2D eigenvalue weighted by molar-refractivity contribution is 0.177. The summed E-state index contributed by atoms with van der Waals surface area (Å²) in [5.41, 5.74) is 4.76. The van der Waals surface area contributed by atoms with Crippen LogP contribution in [0.15, 0.2) is 46.9 Å². The molecule has 0 aliphatic carbocycles. The van der Waals surface area contributed by atoms with Crippen molar-refractivity contribution < 1.29 is 5.11 Å². The number of rotatable bonds is 3. The first-order valence-corrected chi connectivity index (χ1v) is 8.10. The van der Waals surface area contributed by atoms with Gasteiger partial charge in [-0.3, -0.25) is 0 Å². The van der Waals surface area contributed by atoms with Gasteiger partial charge in [0.2, 0.25) is 0 Å². The Balaban J connectivity index is 2.16. The molecule has 0 heterocycles. The molecule has 0 radical (unpaired) electrons. The fourth-order valence-electron chi connectivity index (χ4n) is 2.44. The van der Waals surface area contributed by atoms with Crippen LogP contribution < -0.4 is 0 Å². The summed E-state index contributed by atoms with van der Waals surface area (Å²) in [4.78, 5) is 0. The molecule has 1 nitrogen and oxygen atoms in total. The highest BCUT2D eigenvalue weighted by molar-refractivity contribution is 9.10. The van der Waals surface area contributed by atoms with E-state index in [-0.39, 0.29) is 5.41 Å². The second-order valence-corrected chi connectivity index (χ2v) is 7.58. The third kappa shape index (κ3) is 4.18. The zero-order chi connectivity index (χ0) is 15.6. The SMILES string of the molecule is Cc1ccc(Br)cc1C(O)Cc1ccc(C(C)(C)C)cc1. The quantitative estimate of drug-likeness (QED) is 0.795. The third-order valence-electron chi connectivity index (χ3n) is 3.85. The second-order valence-electron chi connectivity index (χ2n) is 6.67. The average Bonchev–Trinajstić information content (AvgIpc) is 2.41. The van der Waals surface area contributed by atoms with Gasteiger partial charge >= 0.3 is 0 Å². The summed E-state index contributed by atoms with van der Waals surface area (Å²) < 4.78 is 1.00. The molecule has 2 heteroatoms. The van der Waals surface area contributed by atoms with Crippen LogP contribution in [-0.4, -0.2) is 5.11 Å². The van der Waals surface area contributed by atoms with E-state index in [0.717, 1.165) is 21.2 Å². The summed E-state index contributed by atoms with van der Waals surface area (Å²) in [6.07, 6.45) is 0.171. The minimum absolute atomic E-state index is 0.165. The number of hydrogen-bond acceptors (Lipinski definition) is 1. The Bertz CT molecular complexity index is 608. The van der Waals surface area contributed by atoms with Gasteiger partial charge in [0.1, 0.15) is 0 Å². The predicted octanol–water partition coefficient (Wildman–Crippen LogP) is 5.33. The van der Waals surface area contributed by atoms with E-state index in [9.17, 15) is 5.11 Å². The number of aliphatic hydroxyl groups is 1. The molecule has 0 bridgehead atoms. The van der Waals surface area contributed by atoms with Gasteiger partial charge in [-0.1, -0.05) is 67.0 Å². The van der Waals surface area contributed by atoms with Crippen LogP contribution in [0.5, 0.6) is 0 Å². The van der Waals surface area contributed by atoms with Crippen LogP contribution in [0.25, 0.3) is 0 Å². The molecule has 2 aromatic rings. The van der Waals surface area contributed by atoms with E-state index >= 15 is 0 Å². The monoisotopic (exact) mass is 346 g/mol. The van der Waals surface area contributed by atoms with Crippen LogP contribution in [0.4, 0.5) is 0 Å². The van der Waals surface area contributed by atoms with E-state index in [4.69, 9.17) is 0 Å². The Hall–Kier alpha value is -1.12. The summed E-state index contributed by atoms with van der Waals surface area (Å²) in [7, 11) is 0. The fraction of sp³-hybridized carbons (Fsp3) is 0.368. The fourth-order valence-corrected chi connectivity index (χ4v) is 2.82. The van der Waals surface area contributed by atoms with E-state index < -0.39 is 6.10 Å². The van der Waals surface area contributed by atoms with Gasteiger partial charge in [-0.25, -0.2) is 0 Å². The highest BCUT2D eigenvalue weighted by Crippen LogP contribution is 2.27. The maximum Gasteiger partial charge on any atom is 0.0833 e. The van der Waals surface area contributed by atoms with Gasteiger partial charge in [0, 0.05) is 10.9 Å².